The second kappa shape index (κ2) is 5.67. The number of ether oxygens (including phenoxy) is 1. The Kier molecular flexibility index (Phi) is 3.97. The summed E-state index contributed by atoms with van der Waals surface area (Å²) in [6, 6.07) is 7.93. The van der Waals surface area contributed by atoms with Crippen molar-refractivity contribution < 1.29 is 9.66 Å². The van der Waals surface area contributed by atoms with Gasteiger partial charge in [-0.3, -0.25) is 15.1 Å². The highest BCUT2D eigenvalue weighted by atomic mass is 35.5. The van der Waals surface area contributed by atoms with E-state index >= 15 is 0 Å². The molecule has 6 heteroatoms. The SMILES string of the molecule is Cc1ccc(Oc2ccc([N+](=O)[O-])cc2CCl)cn1. The van der Waals surface area contributed by atoms with Crippen LogP contribution in [-0.2, 0) is 5.88 Å². The maximum atomic E-state index is 10.7. The zero-order valence-corrected chi connectivity index (χ0v) is 10.9. The molecule has 2 rings (SSSR count). The first kappa shape index (κ1) is 13.3. The fourth-order valence-corrected chi connectivity index (χ4v) is 1.73. The maximum Gasteiger partial charge on any atom is 0.270 e. The summed E-state index contributed by atoms with van der Waals surface area (Å²) in [5.41, 5.74) is 1.44. The number of aromatic nitrogens is 1. The van der Waals surface area contributed by atoms with Gasteiger partial charge < -0.3 is 4.74 Å². The van der Waals surface area contributed by atoms with Crippen LogP contribution >= 0.6 is 11.6 Å². The molecule has 0 aliphatic heterocycles. The Hall–Kier alpha value is -2.14. The molecule has 98 valence electrons. The Morgan fingerprint density at radius 1 is 1.37 bits per heavy atom. The van der Waals surface area contributed by atoms with Crippen LogP contribution in [0, 0.1) is 17.0 Å². The molecule has 1 heterocycles. The van der Waals surface area contributed by atoms with Crippen molar-refractivity contribution in [3.8, 4) is 11.5 Å². The maximum absolute atomic E-state index is 10.7. The number of alkyl halides is 1. The predicted molar refractivity (Wildman–Crippen MR) is 71.7 cm³/mol. The molecular formula is C13H11ClN2O3. The van der Waals surface area contributed by atoms with Gasteiger partial charge in [0.15, 0.2) is 0 Å². The average molecular weight is 279 g/mol. The van der Waals surface area contributed by atoms with Crippen molar-refractivity contribution in [3.63, 3.8) is 0 Å². The Balaban J connectivity index is 2.29. The highest BCUT2D eigenvalue weighted by molar-refractivity contribution is 6.17. The first-order valence-electron chi connectivity index (χ1n) is 5.54. The number of nitro benzene ring substituents is 1. The molecule has 0 bridgehead atoms. The van der Waals surface area contributed by atoms with Crippen LogP contribution < -0.4 is 4.74 Å². The Bertz CT molecular complexity index is 599. The molecule has 0 spiro atoms. The highest BCUT2D eigenvalue weighted by Gasteiger charge is 2.11. The second-order valence-electron chi connectivity index (χ2n) is 3.92. The Morgan fingerprint density at radius 3 is 2.74 bits per heavy atom. The van der Waals surface area contributed by atoms with Gasteiger partial charge >= 0.3 is 0 Å². The highest BCUT2D eigenvalue weighted by Crippen LogP contribution is 2.29. The normalized spacial score (nSPS) is 10.2. The van der Waals surface area contributed by atoms with Gasteiger partial charge in [-0.2, -0.15) is 0 Å². The molecule has 5 nitrogen and oxygen atoms in total. The number of nitro groups is 1. The molecule has 0 N–H and O–H groups in total. The van der Waals surface area contributed by atoms with Crippen LogP contribution in [0.25, 0.3) is 0 Å². The Morgan fingerprint density at radius 2 is 2.16 bits per heavy atom. The number of hydrogen-bond acceptors (Lipinski definition) is 4. The lowest BCUT2D eigenvalue weighted by Gasteiger charge is -2.09. The Labute approximate surface area is 115 Å². The number of aryl methyl sites for hydroxylation is 1. The van der Waals surface area contributed by atoms with Gasteiger partial charge in [-0.1, -0.05) is 0 Å². The molecule has 0 unspecified atom stereocenters. The van der Waals surface area contributed by atoms with E-state index in [0.717, 1.165) is 5.69 Å². The minimum Gasteiger partial charge on any atom is -0.455 e. The van der Waals surface area contributed by atoms with Crippen LogP contribution in [0.15, 0.2) is 36.5 Å². The van der Waals surface area contributed by atoms with E-state index in [9.17, 15) is 10.1 Å². The van der Waals surface area contributed by atoms with Crippen LogP contribution in [0.1, 0.15) is 11.3 Å². The fourth-order valence-electron chi connectivity index (χ4n) is 1.52. The molecule has 0 radical (unpaired) electrons. The van der Waals surface area contributed by atoms with E-state index in [0.29, 0.717) is 17.1 Å². The van der Waals surface area contributed by atoms with E-state index in [4.69, 9.17) is 16.3 Å². The van der Waals surface area contributed by atoms with Crippen molar-refractivity contribution in [1.82, 2.24) is 4.98 Å². The first-order chi connectivity index (χ1) is 9.10. The molecule has 1 aromatic carbocycles. The van der Waals surface area contributed by atoms with Gasteiger partial charge in [0.25, 0.3) is 5.69 Å². The molecule has 19 heavy (non-hydrogen) atoms. The molecule has 0 aliphatic rings. The monoisotopic (exact) mass is 278 g/mol. The third-order valence-electron chi connectivity index (χ3n) is 2.51. The van der Waals surface area contributed by atoms with Gasteiger partial charge in [0.05, 0.1) is 17.0 Å². The number of hydrogen-bond donors (Lipinski definition) is 0. The van der Waals surface area contributed by atoms with Crippen molar-refractivity contribution in [1.29, 1.82) is 0 Å². The molecule has 1 aromatic heterocycles. The fraction of sp³-hybridized carbons (Fsp3) is 0.154. The molecule has 0 atom stereocenters. The van der Waals surface area contributed by atoms with Crippen LogP contribution in [-0.4, -0.2) is 9.91 Å². The van der Waals surface area contributed by atoms with E-state index in [1.807, 2.05) is 13.0 Å². The van der Waals surface area contributed by atoms with Gasteiger partial charge in [-0.05, 0) is 25.1 Å². The minimum absolute atomic E-state index is 0.00923. The summed E-state index contributed by atoms with van der Waals surface area (Å²) >= 11 is 5.78. The summed E-state index contributed by atoms with van der Waals surface area (Å²) < 4.78 is 5.62. The smallest absolute Gasteiger partial charge is 0.270 e. The minimum atomic E-state index is -0.465. The number of rotatable bonds is 4. The van der Waals surface area contributed by atoms with Crippen molar-refractivity contribution in [2.75, 3.05) is 0 Å². The lowest BCUT2D eigenvalue weighted by Crippen LogP contribution is -1.94. The number of pyridine rings is 1. The second-order valence-corrected chi connectivity index (χ2v) is 4.19. The van der Waals surface area contributed by atoms with E-state index < -0.39 is 4.92 Å². The van der Waals surface area contributed by atoms with Crippen molar-refractivity contribution in [3.05, 3.63) is 57.9 Å². The summed E-state index contributed by atoms with van der Waals surface area (Å²) in [6.07, 6.45) is 1.59. The molecule has 0 amide bonds. The van der Waals surface area contributed by atoms with Gasteiger partial charge in [-0.25, -0.2) is 0 Å². The molecule has 0 aliphatic carbocycles. The summed E-state index contributed by atoms with van der Waals surface area (Å²) in [5.74, 6) is 1.19. The van der Waals surface area contributed by atoms with Crippen molar-refractivity contribution >= 4 is 17.3 Å². The third kappa shape index (κ3) is 3.20. The summed E-state index contributed by atoms with van der Waals surface area (Å²) in [5, 5.41) is 10.7. The van der Waals surface area contributed by atoms with Crippen molar-refractivity contribution in [2.45, 2.75) is 12.8 Å². The van der Waals surface area contributed by atoms with Crippen molar-refractivity contribution in [2.24, 2.45) is 0 Å². The average Bonchev–Trinajstić information content (AvgIpc) is 2.41. The molecule has 2 aromatic rings. The third-order valence-corrected chi connectivity index (χ3v) is 2.80. The van der Waals surface area contributed by atoms with Crippen LogP contribution in [0.5, 0.6) is 11.5 Å². The summed E-state index contributed by atoms with van der Waals surface area (Å²) in [4.78, 5) is 14.3. The standard InChI is InChI=1S/C13H11ClN2O3/c1-9-2-4-12(8-15-9)19-13-5-3-11(16(17)18)6-10(13)7-14/h2-6,8H,7H2,1H3. The molecule has 0 saturated carbocycles. The van der Waals surface area contributed by atoms with Crippen LogP contribution in [0.4, 0.5) is 5.69 Å². The van der Waals surface area contributed by atoms with Gasteiger partial charge in [0.2, 0.25) is 0 Å². The van der Waals surface area contributed by atoms with E-state index in [1.54, 1.807) is 12.3 Å². The summed E-state index contributed by atoms with van der Waals surface area (Å²) in [6.45, 7) is 1.87. The first-order valence-corrected chi connectivity index (χ1v) is 6.07. The lowest BCUT2D eigenvalue weighted by atomic mass is 10.2. The molecule has 0 fully saturated rings. The number of halogens is 1. The molecular weight excluding hydrogens is 268 g/mol. The van der Waals surface area contributed by atoms with E-state index in [1.165, 1.54) is 18.2 Å². The van der Waals surface area contributed by atoms with Gasteiger partial charge in [0, 0.05) is 23.4 Å². The largest absolute Gasteiger partial charge is 0.455 e. The quantitative estimate of drug-likeness (QED) is 0.484. The lowest BCUT2D eigenvalue weighted by molar-refractivity contribution is -0.384. The predicted octanol–water partition coefficient (Wildman–Crippen LogP) is 3.83. The van der Waals surface area contributed by atoms with Gasteiger partial charge in [-0.15, -0.1) is 11.6 Å². The van der Waals surface area contributed by atoms with Crippen LogP contribution in [0.3, 0.4) is 0 Å². The number of nitrogens with zero attached hydrogens (tertiary/aromatic N) is 2. The number of non-ortho nitro benzene ring substituents is 1. The number of benzene rings is 1. The van der Waals surface area contributed by atoms with E-state index in [-0.39, 0.29) is 11.6 Å². The zero-order valence-electron chi connectivity index (χ0n) is 10.2. The topological polar surface area (TPSA) is 65.3 Å². The van der Waals surface area contributed by atoms with Gasteiger partial charge in [0.1, 0.15) is 11.5 Å². The summed E-state index contributed by atoms with van der Waals surface area (Å²) in [7, 11) is 0. The zero-order chi connectivity index (χ0) is 13.8. The van der Waals surface area contributed by atoms with Crippen LogP contribution in [0.2, 0.25) is 0 Å². The van der Waals surface area contributed by atoms with E-state index in [2.05, 4.69) is 4.98 Å². The molecule has 0 saturated heterocycles.